The van der Waals surface area contributed by atoms with Crippen molar-refractivity contribution in [3.05, 3.63) is 90.3 Å². The maximum Gasteiger partial charge on any atom is 0.308 e. The number of pyridine rings is 1. The van der Waals surface area contributed by atoms with Gasteiger partial charge in [-0.1, -0.05) is 47.6 Å². The first kappa shape index (κ1) is 19.1. The second-order valence-corrected chi connectivity index (χ2v) is 5.93. The number of hydrogen-bond acceptors (Lipinski definition) is 6. The molecular weight excluding hydrogens is 356 g/mol. The Bertz CT molecular complexity index is 914. The van der Waals surface area contributed by atoms with Crippen molar-refractivity contribution in [3.8, 4) is 11.5 Å². The van der Waals surface area contributed by atoms with Crippen LogP contribution < -0.4 is 9.47 Å². The van der Waals surface area contributed by atoms with E-state index in [9.17, 15) is 4.79 Å². The first-order valence-corrected chi connectivity index (χ1v) is 8.77. The van der Waals surface area contributed by atoms with Gasteiger partial charge in [0.1, 0.15) is 11.5 Å². The minimum atomic E-state index is -0.664. The van der Waals surface area contributed by atoms with Crippen LogP contribution in [0, 0.1) is 0 Å². The standard InChI is InChI=1S/C22H20N2O4/c1-17(25)26-20-10-5-11-21(14-20)27-22(13-18-7-3-2-4-8-18)28-24-16-19-9-6-12-23-15-19/h2-12,14-16,22H,13H2,1H3. The van der Waals surface area contributed by atoms with Gasteiger partial charge in [-0.2, -0.15) is 0 Å². The van der Waals surface area contributed by atoms with E-state index >= 15 is 0 Å². The summed E-state index contributed by atoms with van der Waals surface area (Å²) in [4.78, 5) is 20.8. The van der Waals surface area contributed by atoms with Crippen molar-refractivity contribution in [1.82, 2.24) is 4.98 Å². The third-order valence-electron chi connectivity index (χ3n) is 3.64. The number of ether oxygens (including phenoxy) is 2. The van der Waals surface area contributed by atoms with E-state index in [1.54, 1.807) is 42.9 Å². The van der Waals surface area contributed by atoms with Gasteiger partial charge in [-0.15, -0.1) is 0 Å². The Morgan fingerprint density at radius 2 is 1.89 bits per heavy atom. The van der Waals surface area contributed by atoms with Crippen LogP contribution in [0.4, 0.5) is 0 Å². The molecule has 1 atom stereocenters. The number of carbonyl (C=O) groups excluding carboxylic acids is 1. The van der Waals surface area contributed by atoms with E-state index in [1.165, 1.54) is 6.92 Å². The predicted octanol–water partition coefficient (Wildman–Crippen LogP) is 4.01. The number of aromatic nitrogens is 1. The molecule has 0 spiro atoms. The summed E-state index contributed by atoms with van der Waals surface area (Å²) in [6.07, 6.45) is 4.77. The van der Waals surface area contributed by atoms with Gasteiger partial charge >= 0.3 is 5.97 Å². The van der Waals surface area contributed by atoms with Gasteiger partial charge in [0.05, 0.1) is 6.21 Å². The van der Waals surface area contributed by atoms with Crippen LogP contribution in [0.2, 0.25) is 0 Å². The van der Waals surface area contributed by atoms with Gasteiger partial charge in [-0.05, 0) is 23.8 Å². The molecule has 1 heterocycles. The van der Waals surface area contributed by atoms with Gasteiger partial charge in [-0.25, -0.2) is 0 Å². The van der Waals surface area contributed by atoms with E-state index in [0.29, 0.717) is 17.9 Å². The lowest BCUT2D eigenvalue weighted by Gasteiger charge is -2.17. The molecule has 3 aromatic rings. The zero-order valence-corrected chi connectivity index (χ0v) is 15.4. The second-order valence-electron chi connectivity index (χ2n) is 5.93. The van der Waals surface area contributed by atoms with Crippen LogP contribution in [0.1, 0.15) is 18.1 Å². The molecule has 0 N–H and O–H groups in total. The molecule has 2 aromatic carbocycles. The summed E-state index contributed by atoms with van der Waals surface area (Å²) in [6, 6.07) is 20.3. The van der Waals surface area contributed by atoms with E-state index in [4.69, 9.17) is 14.3 Å². The molecule has 0 radical (unpaired) electrons. The molecule has 0 saturated heterocycles. The van der Waals surface area contributed by atoms with Gasteiger partial charge in [0.2, 0.25) is 0 Å². The lowest BCUT2D eigenvalue weighted by Crippen LogP contribution is -2.21. The van der Waals surface area contributed by atoms with E-state index in [2.05, 4.69) is 10.1 Å². The first-order chi connectivity index (χ1) is 13.7. The zero-order chi connectivity index (χ0) is 19.6. The van der Waals surface area contributed by atoms with Crippen molar-refractivity contribution in [2.75, 3.05) is 0 Å². The van der Waals surface area contributed by atoms with Gasteiger partial charge in [0.25, 0.3) is 6.29 Å². The Morgan fingerprint density at radius 3 is 2.64 bits per heavy atom. The largest absolute Gasteiger partial charge is 0.452 e. The Kier molecular flexibility index (Phi) is 6.73. The highest BCUT2D eigenvalue weighted by molar-refractivity contribution is 5.78. The number of esters is 1. The molecule has 0 aliphatic carbocycles. The van der Waals surface area contributed by atoms with Crippen molar-refractivity contribution in [2.45, 2.75) is 19.6 Å². The number of carbonyl (C=O) groups is 1. The summed E-state index contributed by atoms with van der Waals surface area (Å²) in [6.45, 7) is 1.35. The van der Waals surface area contributed by atoms with Crippen LogP contribution in [0.25, 0.3) is 0 Å². The first-order valence-electron chi connectivity index (χ1n) is 8.77. The van der Waals surface area contributed by atoms with Crippen molar-refractivity contribution in [1.29, 1.82) is 0 Å². The highest BCUT2D eigenvalue weighted by Gasteiger charge is 2.14. The molecule has 142 valence electrons. The number of oxime groups is 1. The molecule has 0 aliphatic heterocycles. The maximum absolute atomic E-state index is 11.2. The second kappa shape index (κ2) is 9.87. The normalized spacial score (nSPS) is 11.8. The average Bonchev–Trinajstić information content (AvgIpc) is 2.69. The molecule has 0 bridgehead atoms. The number of nitrogens with zero attached hydrogens (tertiary/aromatic N) is 2. The van der Waals surface area contributed by atoms with Gasteiger partial charge in [-0.3, -0.25) is 9.78 Å². The highest BCUT2D eigenvalue weighted by Crippen LogP contribution is 2.22. The fraction of sp³-hybridized carbons (Fsp3) is 0.136. The summed E-state index contributed by atoms with van der Waals surface area (Å²) in [5.74, 6) is 0.522. The summed E-state index contributed by atoms with van der Waals surface area (Å²) >= 11 is 0. The lowest BCUT2D eigenvalue weighted by atomic mass is 10.1. The summed E-state index contributed by atoms with van der Waals surface area (Å²) < 4.78 is 11.0. The van der Waals surface area contributed by atoms with Crippen LogP contribution >= 0.6 is 0 Å². The smallest absolute Gasteiger partial charge is 0.308 e. The molecule has 0 aliphatic rings. The summed E-state index contributed by atoms with van der Waals surface area (Å²) in [5, 5.41) is 4.03. The van der Waals surface area contributed by atoms with E-state index in [0.717, 1.165) is 11.1 Å². The molecule has 6 heteroatoms. The Morgan fingerprint density at radius 1 is 1.07 bits per heavy atom. The Hall–Kier alpha value is -3.67. The van der Waals surface area contributed by atoms with Crippen molar-refractivity contribution >= 4 is 12.2 Å². The van der Waals surface area contributed by atoms with Gasteiger partial charge in [0, 0.05) is 37.4 Å². The zero-order valence-electron chi connectivity index (χ0n) is 15.4. The van der Waals surface area contributed by atoms with Crippen molar-refractivity contribution in [2.24, 2.45) is 5.16 Å². The van der Waals surface area contributed by atoms with Crippen LogP contribution in [0.15, 0.2) is 84.3 Å². The Balaban J connectivity index is 1.72. The third-order valence-corrected chi connectivity index (χ3v) is 3.64. The molecule has 0 saturated carbocycles. The molecular formula is C22H20N2O4. The highest BCUT2D eigenvalue weighted by atomic mass is 16.8. The minimum Gasteiger partial charge on any atom is -0.452 e. The van der Waals surface area contributed by atoms with E-state index in [-0.39, 0.29) is 0 Å². The quantitative estimate of drug-likeness (QED) is 0.195. The number of rotatable bonds is 8. The predicted molar refractivity (Wildman–Crippen MR) is 105 cm³/mol. The van der Waals surface area contributed by atoms with E-state index < -0.39 is 12.3 Å². The number of hydrogen-bond donors (Lipinski definition) is 0. The number of benzene rings is 2. The van der Waals surface area contributed by atoms with Crippen molar-refractivity contribution in [3.63, 3.8) is 0 Å². The maximum atomic E-state index is 11.2. The monoisotopic (exact) mass is 376 g/mol. The van der Waals surface area contributed by atoms with Crippen LogP contribution in [-0.2, 0) is 16.1 Å². The SMILES string of the molecule is CC(=O)Oc1cccc(OC(Cc2ccccc2)ON=Cc2cccnc2)c1. The van der Waals surface area contributed by atoms with Crippen molar-refractivity contribution < 1.29 is 19.1 Å². The van der Waals surface area contributed by atoms with Crippen LogP contribution in [0.5, 0.6) is 11.5 Å². The Labute approximate surface area is 163 Å². The molecule has 3 rings (SSSR count). The van der Waals surface area contributed by atoms with Gasteiger partial charge in [0.15, 0.2) is 0 Å². The topological polar surface area (TPSA) is 70.0 Å². The third kappa shape index (κ3) is 6.25. The average molecular weight is 376 g/mol. The molecule has 0 fully saturated rings. The fourth-order valence-corrected chi connectivity index (χ4v) is 2.45. The van der Waals surface area contributed by atoms with Gasteiger partial charge < -0.3 is 14.3 Å². The molecule has 0 amide bonds. The van der Waals surface area contributed by atoms with E-state index in [1.807, 2.05) is 42.5 Å². The summed E-state index contributed by atoms with van der Waals surface area (Å²) in [5.41, 5.74) is 1.86. The van der Waals surface area contributed by atoms with Crippen LogP contribution in [-0.4, -0.2) is 23.5 Å². The molecule has 6 nitrogen and oxygen atoms in total. The lowest BCUT2D eigenvalue weighted by molar-refractivity contribution is -0.131. The summed E-state index contributed by atoms with van der Waals surface area (Å²) in [7, 11) is 0. The molecule has 28 heavy (non-hydrogen) atoms. The molecule has 1 aromatic heterocycles. The van der Waals surface area contributed by atoms with Crippen LogP contribution in [0.3, 0.4) is 0 Å². The fourth-order valence-electron chi connectivity index (χ4n) is 2.45. The minimum absolute atomic E-state index is 0.393. The molecule has 1 unspecified atom stereocenters.